The Bertz CT molecular complexity index is 957. The van der Waals surface area contributed by atoms with Crippen LogP contribution in [0.2, 0.25) is 0 Å². The molecule has 0 aromatic carbocycles. The number of hydrogen-bond donors (Lipinski definition) is 1. The zero-order valence-electron chi connectivity index (χ0n) is 14.8. The molecule has 1 N–H and O–H groups in total. The molecule has 0 aliphatic carbocycles. The van der Waals surface area contributed by atoms with Crippen LogP contribution < -0.4 is 4.90 Å². The number of imidazole rings is 1. The van der Waals surface area contributed by atoms with Crippen LogP contribution in [0.4, 0.5) is 5.82 Å². The van der Waals surface area contributed by atoms with Crippen molar-refractivity contribution in [2.45, 2.75) is 26.4 Å². The summed E-state index contributed by atoms with van der Waals surface area (Å²) in [6.45, 7) is 3.94. The average molecular weight is 352 g/mol. The Morgan fingerprint density at radius 1 is 1.31 bits per heavy atom. The standard InChI is InChI=1S/C18H20N6O2/c1-3-24-14-6-8-23(11-13(14)16(21-24)18(25)26)15-5-4-12(10-20-15)17-19-7-9-22(17)2/h4-5,7,9-10H,3,6,8,11H2,1-2H3,(H,25,26). The van der Waals surface area contributed by atoms with Crippen LogP contribution in [0.15, 0.2) is 30.7 Å². The van der Waals surface area contributed by atoms with Gasteiger partial charge >= 0.3 is 5.97 Å². The van der Waals surface area contributed by atoms with E-state index in [4.69, 9.17) is 0 Å². The van der Waals surface area contributed by atoms with E-state index in [1.807, 2.05) is 36.9 Å². The van der Waals surface area contributed by atoms with Crippen LogP contribution in [-0.2, 0) is 26.6 Å². The fourth-order valence-corrected chi connectivity index (χ4v) is 3.47. The van der Waals surface area contributed by atoms with Crippen LogP contribution >= 0.6 is 0 Å². The second kappa shape index (κ2) is 6.29. The van der Waals surface area contributed by atoms with Crippen LogP contribution in [0, 0.1) is 0 Å². The molecule has 0 radical (unpaired) electrons. The maximum atomic E-state index is 11.5. The Morgan fingerprint density at radius 3 is 2.77 bits per heavy atom. The van der Waals surface area contributed by atoms with Crippen molar-refractivity contribution >= 4 is 11.8 Å². The number of pyridine rings is 1. The van der Waals surface area contributed by atoms with Crippen molar-refractivity contribution in [3.8, 4) is 11.4 Å². The molecule has 4 heterocycles. The highest BCUT2D eigenvalue weighted by Crippen LogP contribution is 2.27. The van der Waals surface area contributed by atoms with Crippen LogP contribution in [0.25, 0.3) is 11.4 Å². The van der Waals surface area contributed by atoms with Gasteiger partial charge in [-0.05, 0) is 19.1 Å². The molecule has 1 aliphatic rings. The highest BCUT2D eigenvalue weighted by molar-refractivity contribution is 5.87. The molecule has 8 heteroatoms. The molecule has 0 unspecified atom stereocenters. The number of carboxylic acid groups (broad SMARTS) is 1. The summed E-state index contributed by atoms with van der Waals surface area (Å²) in [5.41, 5.74) is 2.91. The first-order valence-corrected chi connectivity index (χ1v) is 8.59. The minimum absolute atomic E-state index is 0.149. The van der Waals surface area contributed by atoms with Crippen molar-refractivity contribution in [3.63, 3.8) is 0 Å². The molecule has 1 aliphatic heterocycles. The summed E-state index contributed by atoms with van der Waals surface area (Å²) < 4.78 is 3.75. The smallest absolute Gasteiger partial charge is 0.356 e. The highest BCUT2D eigenvalue weighted by Gasteiger charge is 2.28. The molecule has 0 fully saturated rings. The van der Waals surface area contributed by atoms with Crippen LogP contribution in [0.3, 0.4) is 0 Å². The van der Waals surface area contributed by atoms with E-state index >= 15 is 0 Å². The van der Waals surface area contributed by atoms with Gasteiger partial charge in [0.25, 0.3) is 0 Å². The van der Waals surface area contributed by atoms with Crippen LogP contribution in [0.1, 0.15) is 28.7 Å². The maximum absolute atomic E-state index is 11.5. The zero-order chi connectivity index (χ0) is 18.3. The number of rotatable bonds is 4. The molecule has 0 atom stereocenters. The maximum Gasteiger partial charge on any atom is 0.356 e. The SMILES string of the molecule is CCn1nc(C(=O)O)c2c1CCN(c1ccc(-c3nccn3C)cn1)C2. The Kier molecular flexibility index (Phi) is 3.95. The number of fused-ring (bicyclic) bond motifs is 1. The summed E-state index contributed by atoms with van der Waals surface area (Å²) in [5, 5.41) is 13.7. The predicted molar refractivity (Wildman–Crippen MR) is 96.1 cm³/mol. The first-order chi connectivity index (χ1) is 12.6. The summed E-state index contributed by atoms with van der Waals surface area (Å²) in [4.78, 5) is 22.5. The molecule has 0 bridgehead atoms. The van der Waals surface area contributed by atoms with Crippen molar-refractivity contribution in [2.24, 2.45) is 7.05 Å². The van der Waals surface area contributed by atoms with E-state index in [2.05, 4.69) is 20.0 Å². The highest BCUT2D eigenvalue weighted by atomic mass is 16.4. The molecule has 0 amide bonds. The molecule has 3 aromatic heterocycles. The average Bonchev–Trinajstić information content (AvgIpc) is 3.24. The predicted octanol–water partition coefficient (Wildman–Crippen LogP) is 1.96. The number of nitrogens with zero attached hydrogens (tertiary/aromatic N) is 6. The van der Waals surface area contributed by atoms with Gasteiger partial charge in [0.2, 0.25) is 0 Å². The van der Waals surface area contributed by atoms with Gasteiger partial charge in [-0.3, -0.25) is 4.68 Å². The zero-order valence-corrected chi connectivity index (χ0v) is 14.8. The number of anilines is 1. The number of hydrogen-bond acceptors (Lipinski definition) is 5. The minimum Gasteiger partial charge on any atom is -0.476 e. The largest absolute Gasteiger partial charge is 0.476 e. The van der Waals surface area contributed by atoms with Crippen molar-refractivity contribution < 1.29 is 9.90 Å². The molecule has 3 aromatic rings. The summed E-state index contributed by atoms with van der Waals surface area (Å²) in [6.07, 6.45) is 6.22. The first-order valence-electron chi connectivity index (χ1n) is 8.59. The lowest BCUT2D eigenvalue weighted by Gasteiger charge is -2.28. The van der Waals surface area contributed by atoms with Gasteiger partial charge in [0.1, 0.15) is 11.6 Å². The van der Waals surface area contributed by atoms with Crippen LogP contribution in [0.5, 0.6) is 0 Å². The van der Waals surface area contributed by atoms with Gasteiger partial charge in [-0.2, -0.15) is 5.10 Å². The van der Waals surface area contributed by atoms with Gasteiger partial charge in [-0.25, -0.2) is 14.8 Å². The minimum atomic E-state index is -0.978. The molecule has 0 spiro atoms. The Labute approximate surface area is 150 Å². The molecule has 4 rings (SSSR count). The van der Waals surface area contributed by atoms with Gasteiger partial charge in [-0.15, -0.1) is 0 Å². The molecular formula is C18H20N6O2. The monoisotopic (exact) mass is 352 g/mol. The molecular weight excluding hydrogens is 332 g/mol. The lowest BCUT2D eigenvalue weighted by Crippen LogP contribution is -2.32. The quantitative estimate of drug-likeness (QED) is 0.772. The number of aromatic nitrogens is 5. The van der Waals surface area contributed by atoms with Gasteiger partial charge in [-0.1, -0.05) is 0 Å². The fourth-order valence-electron chi connectivity index (χ4n) is 3.47. The number of carboxylic acids is 1. The second-order valence-corrected chi connectivity index (χ2v) is 6.33. The lowest BCUT2D eigenvalue weighted by molar-refractivity contribution is 0.0688. The van der Waals surface area contributed by atoms with E-state index in [0.717, 1.165) is 41.4 Å². The Balaban J connectivity index is 1.62. The number of aryl methyl sites for hydroxylation is 2. The fraction of sp³-hybridized carbons (Fsp3) is 0.333. The Hall–Kier alpha value is -3.16. The second-order valence-electron chi connectivity index (χ2n) is 6.33. The molecule has 26 heavy (non-hydrogen) atoms. The van der Waals surface area contributed by atoms with E-state index in [-0.39, 0.29) is 5.69 Å². The topological polar surface area (TPSA) is 89.1 Å². The molecule has 134 valence electrons. The third-order valence-electron chi connectivity index (χ3n) is 4.79. The molecule has 0 saturated heterocycles. The van der Waals surface area contributed by atoms with Gasteiger partial charge in [0.05, 0.1) is 0 Å². The van der Waals surface area contributed by atoms with E-state index in [0.29, 0.717) is 13.1 Å². The van der Waals surface area contributed by atoms with Gasteiger partial charge in [0, 0.05) is 68.5 Å². The third-order valence-corrected chi connectivity index (χ3v) is 4.79. The third kappa shape index (κ3) is 2.63. The van der Waals surface area contributed by atoms with E-state index in [1.54, 1.807) is 17.1 Å². The first kappa shape index (κ1) is 16.3. The number of aromatic carboxylic acids is 1. The summed E-state index contributed by atoms with van der Waals surface area (Å²) >= 11 is 0. The van der Waals surface area contributed by atoms with Crippen molar-refractivity contribution in [1.82, 2.24) is 24.3 Å². The summed E-state index contributed by atoms with van der Waals surface area (Å²) in [6, 6.07) is 3.95. The van der Waals surface area contributed by atoms with Crippen molar-refractivity contribution in [2.75, 3.05) is 11.4 Å². The van der Waals surface area contributed by atoms with Gasteiger partial charge < -0.3 is 14.6 Å². The molecule has 8 nitrogen and oxygen atoms in total. The van der Waals surface area contributed by atoms with E-state index in [1.165, 1.54) is 0 Å². The van der Waals surface area contributed by atoms with Crippen molar-refractivity contribution in [1.29, 1.82) is 0 Å². The lowest BCUT2D eigenvalue weighted by atomic mass is 10.0. The molecule has 0 saturated carbocycles. The Morgan fingerprint density at radius 2 is 2.15 bits per heavy atom. The van der Waals surface area contributed by atoms with E-state index < -0.39 is 5.97 Å². The summed E-state index contributed by atoms with van der Waals surface area (Å²) in [7, 11) is 1.95. The van der Waals surface area contributed by atoms with Crippen molar-refractivity contribution in [3.05, 3.63) is 47.7 Å². The summed E-state index contributed by atoms with van der Waals surface area (Å²) in [5.74, 6) is 0.713. The van der Waals surface area contributed by atoms with E-state index in [9.17, 15) is 9.90 Å². The normalized spacial score (nSPS) is 13.7. The van der Waals surface area contributed by atoms with Crippen LogP contribution in [-0.4, -0.2) is 41.9 Å². The van der Waals surface area contributed by atoms with Gasteiger partial charge in [0.15, 0.2) is 5.69 Å². The number of carbonyl (C=O) groups is 1.